The third kappa shape index (κ3) is 3.17. The zero-order valence-electron chi connectivity index (χ0n) is 9.10. The first-order valence-corrected chi connectivity index (χ1v) is 5.10. The number of carbonyl (C=O) groups is 2. The van der Waals surface area contributed by atoms with E-state index in [9.17, 15) is 9.59 Å². The standard InChI is InChI=1S/C12H14O4/c1-2-16-12(15)11(14)10-5-3-4-9(8-10)6-7-13/h3-5,8,13H,2,6-7H2,1H3. The molecule has 4 nitrogen and oxygen atoms in total. The van der Waals surface area contributed by atoms with Crippen LogP contribution in [-0.2, 0) is 16.0 Å². The van der Waals surface area contributed by atoms with Crippen LogP contribution in [0.4, 0.5) is 0 Å². The van der Waals surface area contributed by atoms with Gasteiger partial charge in [-0.25, -0.2) is 4.79 Å². The molecule has 0 bridgehead atoms. The molecule has 0 atom stereocenters. The van der Waals surface area contributed by atoms with Crippen molar-refractivity contribution in [2.75, 3.05) is 13.2 Å². The van der Waals surface area contributed by atoms with Gasteiger partial charge in [0.2, 0.25) is 0 Å². The summed E-state index contributed by atoms with van der Waals surface area (Å²) in [6.07, 6.45) is 0.462. The summed E-state index contributed by atoms with van der Waals surface area (Å²) in [6, 6.07) is 6.62. The molecule has 0 amide bonds. The fourth-order valence-electron chi connectivity index (χ4n) is 1.31. The fraction of sp³-hybridized carbons (Fsp3) is 0.333. The molecule has 0 saturated carbocycles. The molecule has 0 spiro atoms. The van der Waals surface area contributed by atoms with Crippen molar-refractivity contribution in [3.8, 4) is 0 Å². The molecule has 0 fully saturated rings. The van der Waals surface area contributed by atoms with Gasteiger partial charge in [-0.1, -0.05) is 18.2 Å². The maximum absolute atomic E-state index is 11.6. The Morgan fingerprint density at radius 3 is 2.75 bits per heavy atom. The molecule has 1 N–H and O–H groups in total. The van der Waals surface area contributed by atoms with E-state index in [0.717, 1.165) is 5.56 Å². The van der Waals surface area contributed by atoms with E-state index in [1.54, 1.807) is 31.2 Å². The van der Waals surface area contributed by atoms with Crippen molar-refractivity contribution in [2.24, 2.45) is 0 Å². The van der Waals surface area contributed by atoms with Crippen LogP contribution in [0.25, 0.3) is 0 Å². The van der Waals surface area contributed by atoms with E-state index < -0.39 is 11.8 Å². The summed E-state index contributed by atoms with van der Waals surface area (Å²) in [5, 5.41) is 8.77. The second-order valence-electron chi connectivity index (χ2n) is 3.22. The molecule has 0 heterocycles. The van der Waals surface area contributed by atoms with E-state index >= 15 is 0 Å². The van der Waals surface area contributed by atoms with Gasteiger partial charge in [-0.2, -0.15) is 0 Å². The molecule has 0 radical (unpaired) electrons. The van der Waals surface area contributed by atoms with Gasteiger partial charge in [0.05, 0.1) is 6.61 Å². The normalized spacial score (nSPS) is 9.88. The van der Waals surface area contributed by atoms with Crippen molar-refractivity contribution in [2.45, 2.75) is 13.3 Å². The number of carbonyl (C=O) groups excluding carboxylic acids is 2. The van der Waals surface area contributed by atoms with Gasteiger partial charge in [0.15, 0.2) is 0 Å². The van der Waals surface area contributed by atoms with Crippen molar-refractivity contribution in [3.63, 3.8) is 0 Å². The predicted octanol–water partition coefficient (Wildman–Crippen LogP) is 0.967. The molecule has 0 unspecified atom stereocenters. The molecular weight excluding hydrogens is 208 g/mol. The number of ketones is 1. The fourth-order valence-corrected chi connectivity index (χ4v) is 1.31. The van der Waals surface area contributed by atoms with Gasteiger partial charge in [0.1, 0.15) is 0 Å². The molecule has 0 aliphatic carbocycles. The number of esters is 1. The number of Topliss-reactive ketones (excluding diaryl/α,β-unsaturated/α-hetero) is 1. The quantitative estimate of drug-likeness (QED) is 0.458. The highest BCUT2D eigenvalue weighted by Crippen LogP contribution is 2.07. The van der Waals surface area contributed by atoms with Crippen LogP contribution in [0.5, 0.6) is 0 Å². The van der Waals surface area contributed by atoms with Crippen LogP contribution in [-0.4, -0.2) is 30.1 Å². The summed E-state index contributed by atoms with van der Waals surface area (Å²) < 4.78 is 4.62. The number of hydrogen-bond acceptors (Lipinski definition) is 4. The summed E-state index contributed by atoms with van der Waals surface area (Å²) in [5.41, 5.74) is 1.11. The van der Waals surface area contributed by atoms with E-state index in [0.29, 0.717) is 12.0 Å². The first-order valence-electron chi connectivity index (χ1n) is 5.10. The average molecular weight is 222 g/mol. The van der Waals surface area contributed by atoms with Gasteiger partial charge >= 0.3 is 5.97 Å². The van der Waals surface area contributed by atoms with E-state index in [1.165, 1.54) is 0 Å². The van der Waals surface area contributed by atoms with Gasteiger partial charge in [0.25, 0.3) is 5.78 Å². The van der Waals surface area contributed by atoms with Crippen LogP contribution in [0, 0.1) is 0 Å². The Kier molecular flexibility index (Phi) is 4.66. The van der Waals surface area contributed by atoms with Gasteiger partial charge in [-0.3, -0.25) is 4.79 Å². The average Bonchev–Trinajstić information content (AvgIpc) is 2.29. The first kappa shape index (κ1) is 12.4. The highest BCUT2D eigenvalue weighted by Gasteiger charge is 2.17. The minimum atomic E-state index is -0.844. The second kappa shape index (κ2) is 6.02. The van der Waals surface area contributed by atoms with Crippen molar-refractivity contribution < 1.29 is 19.4 Å². The lowest BCUT2D eigenvalue weighted by Gasteiger charge is -2.03. The maximum atomic E-state index is 11.6. The topological polar surface area (TPSA) is 63.6 Å². The van der Waals surface area contributed by atoms with Gasteiger partial charge in [0, 0.05) is 12.2 Å². The smallest absolute Gasteiger partial charge is 0.379 e. The van der Waals surface area contributed by atoms with Crippen LogP contribution in [0.1, 0.15) is 22.8 Å². The number of ether oxygens (including phenoxy) is 1. The Balaban J connectivity index is 2.83. The monoisotopic (exact) mass is 222 g/mol. The Hall–Kier alpha value is -1.68. The molecule has 16 heavy (non-hydrogen) atoms. The highest BCUT2D eigenvalue weighted by molar-refractivity contribution is 6.40. The third-order valence-electron chi connectivity index (χ3n) is 2.05. The minimum Gasteiger partial charge on any atom is -0.460 e. The Labute approximate surface area is 93.9 Å². The second-order valence-corrected chi connectivity index (χ2v) is 3.22. The van der Waals surface area contributed by atoms with E-state index in [-0.39, 0.29) is 13.2 Å². The van der Waals surface area contributed by atoms with Gasteiger partial charge < -0.3 is 9.84 Å². The third-order valence-corrected chi connectivity index (χ3v) is 2.05. The molecule has 1 rings (SSSR count). The molecule has 86 valence electrons. The number of hydrogen-bond donors (Lipinski definition) is 1. The highest BCUT2D eigenvalue weighted by atomic mass is 16.5. The van der Waals surface area contributed by atoms with Crippen LogP contribution < -0.4 is 0 Å². The molecule has 0 aromatic heterocycles. The minimum absolute atomic E-state index is 0.0110. The van der Waals surface area contributed by atoms with Crippen LogP contribution >= 0.6 is 0 Å². The first-order chi connectivity index (χ1) is 7.69. The number of aliphatic hydroxyl groups is 1. The van der Waals surface area contributed by atoms with Crippen molar-refractivity contribution in [1.82, 2.24) is 0 Å². The predicted molar refractivity (Wildman–Crippen MR) is 58.2 cm³/mol. The SMILES string of the molecule is CCOC(=O)C(=O)c1cccc(CCO)c1. The van der Waals surface area contributed by atoms with Crippen molar-refractivity contribution in [1.29, 1.82) is 0 Å². The molecule has 0 saturated heterocycles. The van der Waals surface area contributed by atoms with Gasteiger partial charge in [-0.05, 0) is 25.0 Å². The Morgan fingerprint density at radius 2 is 2.12 bits per heavy atom. The zero-order chi connectivity index (χ0) is 12.0. The van der Waals surface area contributed by atoms with Gasteiger partial charge in [-0.15, -0.1) is 0 Å². The van der Waals surface area contributed by atoms with E-state index in [2.05, 4.69) is 4.74 Å². The zero-order valence-corrected chi connectivity index (χ0v) is 9.10. The molecule has 0 aliphatic heterocycles. The lowest BCUT2D eigenvalue weighted by molar-refractivity contribution is -0.137. The van der Waals surface area contributed by atoms with Crippen molar-refractivity contribution in [3.05, 3.63) is 35.4 Å². The summed E-state index contributed by atoms with van der Waals surface area (Å²) in [5.74, 6) is -1.50. The molecule has 4 heteroatoms. The maximum Gasteiger partial charge on any atom is 0.379 e. The summed E-state index contributed by atoms with van der Waals surface area (Å²) in [4.78, 5) is 22.7. The molecule has 1 aromatic rings. The van der Waals surface area contributed by atoms with Crippen LogP contribution in [0.15, 0.2) is 24.3 Å². The van der Waals surface area contributed by atoms with E-state index in [1.807, 2.05) is 0 Å². The molecule has 0 aliphatic rings. The lowest BCUT2D eigenvalue weighted by atomic mass is 10.1. The summed E-state index contributed by atoms with van der Waals surface area (Å²) in [6.45, 7) is 1.84. The Morgan fingerprint density at radius 1 is 1.38 bits per heavy atom. The van der Waals surface area contributed by atoms with E-state index in [4.69, 9.17) is 5.11 Å². The summed E-state index contributed by atoms with van der Waals surface area (Å²) in [7, 11) is 0. The molecular formula is C12H14O4. The summed E-state index contributed by atoms with van der Waals surface area (Å²) >= 11 is 0. The number of aliphatic hydroxyl groups excluding tert-OH is 1. The largest absolute Gasteiger partial charge is 0.460 e. The Bertz CT molecular complexity index is 384. The van der Waals surface area contributed by atoms with Crippen molar-refractivity contribution >= 4 is 11.8 Å². The number of rotatable bonds is 5. The lowest BCUT2D eigenvalue weighted by Crippen LogP contribution is -2.17. The number of benzene rings is 1. The van der Waals surface area contributed by atoms with Crippen LogP contribution in [0.3, 0.4) is 0 Å². The van der Waals surface area contributed by atoms with Crippen LogP contribution in [0.2, 0.25) is 0 Å². The molecule has 1 aromatic carbocycles.